The van der Waals surface area contributed by atoms with Crippen LogP contribution in [0.15, 0.2) is 35.1 Å². The number of benzene rings is 1. The molecule has 0 saturated carbocycles. The van der Waals surface area contributed by atoms with Gasteiger partial charge < -0.3 is 10.5 Å². The van der Waals surface area contributed by atoms with E-state index in [4.69, 9.17) is 10.5 Å². The minimum atomic E-state index is -4.43. The summed E-state index contributed by atoms with van der Waals surface area (Å²) in [7, 11) is 0. The molecule has 1 aromatic heterocycles. The van der Waals surface area contributed by atoms with Crippen molar-refractivity contribution in [2.45, 2.75) is 6.18 Å². The van der Waals surface area contributed by atoms with Crippen LogP contribution >= 0.6 is 15.9 Å². The summed E-state index contributed by atoms with van der Waals surface area (Å²) < 4.78 is 43.2. The minimum absolute atomic E-state index is 0.00799. The van der Waals surface area contributed by atoms with E-state index in [1.165, 1.54) is 12.1 Å². The number of hydrogen-bond acceptors (Lipinski definition) is 4. The molecule has 0 unspecified atom stereocenters. The number of rotatable bonds is 2. The van der Waals surface area contributed by atoms with Crippen molar-refractivity contribution >= 4 is 21.7 Å². The van der Waals surface area contributed by atoms with Gasteiger partial charge in [-0.3, -0.25) is 0 Å². The number of nitrogen functional groups attached to an aromatic ring is 1. The Balaban J connectivity index is 2.31. The van der Waals surface area contributed by atoms with Crippen molar-refractivity contribution in [2.75, 3.05) is 5.73 Å². The van der Waals surface area contributed by atoms with E-state index in [9.17, 15) is 13.2 Å². The molecule has 1 aromatic carbocycles. The topological polar surface area (TPSA) is 61.0 Å². The third kappa shape index (κ3) is 3.14. The van der Waals surface area contributed by atoms with Gasteiger partial charge in [-0.15, -0.1) is 0 Å². The number of hydrogen-bond donors (Lipinski definition) is 1. The molecule has 0 radical (unpaired) electrons. The summed E-state index contributed by atoms with van der Waals surface area (Å²) in [6.07, 6.45) is -3.27. The molecule has 0 saturated heterocycles. The number of nitrogens with zero attached hydrogens (tertiary/aromatic N) is 2. The van der Waals surface area contributed by atoms with Crippen LogP contribution < -0.4 is 10.5 Å². The number of nitrogens with two attached hydrogens (primary N) is 1. The maximum Gasteiger partial charge on any atom is 0.416 e. The highest BCUT2D eigenvalue weighted by atomic mass is 79.9. The molecule has 0 bridgehead atoms. The number of alkyl halides is 3. The van der Waals surface area contributed by atoms with Crippen molar-refractivity contribution in [2.24, 2.45) is 0 Å². The molecule has 1 heterocycles. The second kappa shape index (κ2) is 5.04. The van der Waals surface area contributed by atoms with Crippen LogP contribution in [0, 0.1) is 0 Å². The van der Waals surface area contributed by atoms with Crippen LogP contribution in [0.1, 0.15) is 5.56 Å². The van der Waals surface area contributed by atoms with Gasteiger partial charge >= 0.3 is 6.18 Å². The Labute approximate surface area is 114 Å². The zero-order valence-corrected chi connectivity index (χ0v) is 10.9. The zero-order chi connectivity index (χ0) is 14.0. The lowest BCUT2D eigenvalue weighted by Crippen LogP contribution is -2.04. The number of aromatic nitrogens is 2. The van der Waals surface area contributed by atoms with Gasteiger partial charge in [0.2, 0.25) is 5.88 Å². The Morgan fingerprint density at radius 1 is 1.21 bits per heavy atom. The summed E-state index contributed by atoms with van der Waals surface area (Å²) in [5.41, 5.74) is 4.71. The molecule has 100 valence electrons. The van der Waals surface area contributed by atoms with Gasteiger partial charge in [0, 0.05) is 0 Å². The van der Waals surface area contributed by atoms with Crippen LogP contribution in [-0.2, 0) is 6.18 Å². The van der Waals surface area contributed by atoms with Gasteiger partial charge in [-0.05, 0) is 34.1 Å². The van der Waals surface area contributed by atoms with Gasteiger partial charge in [0.25, 0.3) is 0 Å². The summed E-state index contributed by atoms with van der Waals surface area (Å²) in [5.74, 6) is 0.192. The Kier molecular flexibility index (Phi) is 3.61. The average molecular weight is 334 g/mol. The lowest BCUT2D eigenvalue weighted by molar-refractivity contribution is -0.137. The summed E-state index contributed by atoms with van der Waals surface area (Å²) in [6.45, 7) is 0. The highest BCUT2D eigenvalue weighted by Crippen LogP contribution is 2.34. The van der Waals surface area contributed by atoms with Crippen LogP contribution in [0.3, 0.4) is 0 Å². The van der Waals surface area contributed by atoms with Crippen molar-refractivity contribution in [3.05, 3.63) is 40.6 Å². The van der Waals surface area contributed by atoms with Gasteiger partial charge in [-0.25, -0.2) is 9.97 Å². The molecule has 0 fully saturated rings. The summed E-state index contributed by atoms with van der Waals surface area (Å²) in [6, 6.07) is 4.47. The molecule has 4 nitrogen and oxygen atoms in total. The Morgan fingerprint density at radius 2 is 1.95 bits per heavy atom. The molecule has 0 aliphatic carbocycles. The van der Waals surface area contributed by atoms with Gasteiger partial charge in [0.1, 0.15) is 22.4 Å². The fourth-order valence-corrected chi connectivity index (χ4v) is 1.57. The molecule has 2 aromatic rings. The highest BCUT2D eigenvalue weighted by Gasteiger charge is 2.30. The molecule has 0 atom stereocenters. The fourth-order valence-electron chi connectivity index (χ4n) is 1.29. The number of halogens is 4. The molecule has 0 aliphatic rings. The van der Waals surface area contributed by atoms with Crippen molar-refractivity contribution < 1.29 is 17.9 Å². The van der Waals surface area contributed by atoms with Crippen LogP contribution in [0.2, 0.25) is 0 Å². The molecule has 2 rings (SSSR count). The van der Waals surface area contributed by atoms with Crippen LogP contribution in [0.25, 0.3) is 0 Å². The first-order valence-corrected chi connectivity index (χ1v) is 5.78. The Morgan fingerprint density at radius 3 is 2.63 bits per heavy atom. The maximum absolute atomic E-state index is 12.5. The van der Waals surface area contributed by atoms with Gasteiger partial charge in [0.05, 0.1) is 5.56 Å². The first kappa shape index (κ1) is 13.6. The molecule has 0 spiro atoms. The molecular formula is C11H7BrF3N3O. The number of anilines is 1. The molecule has 2 N–H and O–H groups in total. The van der Waals surface area contributed by atoms with E-state index in [1.54, 1.807) is 0 Å². The van der Waals surface area contributed by atoms with Crippen LogP contribution in [-0.4, -0.2) is 9.97 Å². The molecule has 8 heteroatoms. The molecular weight excluding hydrogens is 327 g/mol. The van der Waals surface area contributed by atoms with E-state index in [0.717, 1.165) is 18.5 Å². The van der Waals surface area contributed by atoms with Gasteiger partial charge in [-0.1, -0.05) is 6.07 Å². The Hall–Kier alpha value is -1.83. The zero-order valence-electron chi connectivity index (χ0n) is 9.28. The van der Waals surface area contributed by atoms with Crippen LogP contribution in [0.5, 0.6) is 11.6 Å². The first-order valence-electron chi connectivity index (χ1n) is 4.99. The largest absolute Gasteiger partial charge is 0.438 e. The summed E-state index contributed by atoms with van der Waals surface area (Å²) in [4.78, 5) is 7.48. The second-order valence-corrected chi connectivity index (χ2v) is 4.30. The predicted octanol–water partition coefficient (Wildman–Crippen LogP) is 3.63. The quantitative estimate of drug-likeness (QED) is 0.911. The third-order valence-electron chi connectivity index (χ3n) is 2.16. The average Bonchev–Trinajstić information content (AvgIpc) is 2.34. The SMILES string of the molecule is Nc1ncnc(Oc2cccc(C(F)(F)F)c2)c1Br. The van der Waals surface area contributed by atoms with Crippen molar-refractivity contribution in [3.63, 3.8) is 0 Å². The van der Waals surface area contributed by atoms with Gasteiger partial charge in [-0.2, -0.15) is 13.2 Å². The van der Waals surface area contributed by atoms with Crippen molar-refractivity contribution in [3.8, 4) is 11.6 Å². The van der Waals surface area contributed by atoms with Crippen LogP contribution in [0.4, 0.5) is 19.0 Å². The van der Waals surface area contributed by atoms with E-state index >= 15 is 0 Å². The monoisotopic (exact) mass is 333 g/mol. The first-order chi connectivity index (χ1) is 8.88. The van der Waals surface area contributed by atoms with Crippen molar-refractivity contribution in [1.82, 2.24) is 9.97 Å². The number of ether oxygens (including phenoxy) is 1. The third-order valence-corrected chi connectivity index (χ3v) is 2.91. The van der Waals surface area contributed by atoms with Crippen molar-refractivity contribution in [1.29, 1.82) is 0 Å². The molecule has 19 heavy (non-hydrogen) atoms. The predicted molar refractivity (Wildman–Crippen MR) is 65.7 cm³/mol. The molecule has 0 amide bonds. The Bertz CT molecular complexity index is 604. The maximum atomic E-state index is 12.5. The smallest absolute Gasteiger partial charge is 0.416 e. The normalized spacial score (nSPS) is 11.4. The summed E-state index contributed by atoms with van der Waals surface area (Å²) in [5, 5.41) is 0. The lowest BCUT2D eigenvalue weighted by Gasteiger charge is -2.10. The lowest BCUT2D eigenvalue weighted by atomic mass is 10.2. The summed E-state index contributed by atoms with van der Waals surface area (Å²) >= 11 is 3.10. The van der Waals surface area contributed by atoms with E-state index in [0.29, 0.717) is 0 Å². The van der Waals surface area contributed by atoms with E-state index in [1.807, 2.05) is 0 Å². The van der Waals surface area contributed by atoms with E-state index in [2.05, 4.69) is 25.9 Å². The van der Waals surface area contributed by atoms with Gasteiger partial charge in [0.15, 0.2) is 0 Å². The fraction of sp³-hybridized carbons (Fsp3) is 0.0909. The standard InChI is InChI=1S/C11H7BrF3N3O/c12-8-9(16)17-5-18-10(8)19-7-3-1-2-6(4-7)11(13,14)15/h1-5H,(H2,16,17,18). The molecule has 0 aliphatic heterocycles. The second-order valence-electron chi connectivity index (χ2n) is 3.51. The van der Waals surface area contributed by atoms with E-state index < -0.39 is 11.7 Å². The van der Waals surface area contributed by atoms with E-state index in [-0.39, 0.29) is 21.9 Å². The highest BCUT2D eigenvalue weighted by molar-refractivity contribution is 9.10. The minimum Gasteiger partial charge on any atom is -0.438 e.